The lowest BCUT2D eigenvalue weighted by Crippen LogP contribution is -2.46. The Morgan fingerprint density at radius 1 is 1.11 bits per heavy atom. The van der Waals surface area contributed by atoms with Crippen molar-refractivity contribution in [3.8, 4) is 17.2 Å². The molecule has 7 nitrogen and oxygen atoms in total. The predicted octanol–water partition coefficient (Wildman–Crippen LogP) is 4.50. The van der Waals surface area contributed by atoms with Gasteiger partial charge >= 0.3 is 0 Å². The van der Waals surface area contributed by atoms with Gasteiger partial charge in [0.05, 0.1) is 17.7 Å². The van der Waals surface area contributed by atoms with Crippen molar-refractivity contribution in [2.24, 2.45) is 5.92 Å². The molecule has 3 aromatic rings. The van der Waals surface area contributed by atoms with Gasteiger partial charge in [-0.15, -0.1) is 0 Å². The van der Waals surface area contributed by atoms with Gasteiger partial charge < -0.3 is 19.1 Å². The Morgan fingerprint density at radius 3 is 2.70 bits per heavy atom. The molecule has 0 spiro atoms. The molecule has 0 unspecified atom stereocenters. The van der Waals surface area contributed by atoms with Gasteiger partial charge in [0, 0.05) is 43.9 Å². The van der Waals surface area contributed by atoms with Gasteiger partial charge in [-0.25, -0.2) is 0 Å². The molecule has 4 heterocycles. The number of aromatic nitrogens is 1. The maximum absolute atomic E-state index is 13.3. The average Bonchev–Trinajstić information content (AvgIpc) is 3.20. The lowest BCUT2D eigenvalue weighted by atomic mass is 9.83. The minimum atomic E-state index is -0.175. The molecular formula is C30H30N2O5. The number of pyridine rings is 1. The van der Waals surface area contributed by atoms with E-state index >= 15 is 0 Å². The number of ether oxygens (including phenoxy) is 2. The summed E-state index contributed by atoms with van der Waals surface area (Å²) in [5, 5.41) is 10.9. The number of Topliss-reactive ketones (excluding diaryl/α,β-unsaturated/α-hetero) is 1. The van der Waals surface area contributed by atoms with E-state index in [1.54, 1.807) is 18.2 Å². The molecule has 3 aliphatic heterocycles. The van der Waals surface area contributed by atoms with Crippen LogP contribution >= 0.6 is 0 Å². The number of aryl methyl sites for hydroxylation is 1. The smallest absolute Gasteiger partial charge is 0.250 e. The molecule has 37 heavy (non-hydrogen) atoms. The van der Waals surface area contributed by atoms with Gasteiger partial charge in [0.2, 0.25) is 5.78 Å². The van der Waals surface area contributed by atoms with Crippen LogP contribution in [0.25, 0.3) is 6.08 Å². The average molecular weight is 499 g/mol. The van der Waals surface area contributed by atoms with E-state index in [1.807, 2.05) is 54.8 Å². The van der Waals surface area contributed by atoms with Crippen LogP contribution in [-0.4, -0.2) is 40.1 Å². The first kappa shape index (κ1) is 23.6. The van der Waals surface area contributed by atoms with Gasteiger partial charge in [0.25, 0.3) is 5.56 Å². The van der Waals surface area contributed by atoms with Crippen molar-refractivity contribution in [2.75, 3.05) is 19.7 Å². The number of carbonyl (C=O) groups excluding carboxylic acids is 1. The van der Waals surface area contributed by atoms with Crippen molar-refractivity contribution in [1.82, 2.24) is 9.47 Å². The second-order valence-corrected chi connectivity index (χ2v) is 10.2. The van der Waals surface area contributed by atoms with Crippen LogP contribution in [0, 0.1) is 12.8 Å². The molecule has 2 bridgehead atoms. The van der Waals surface area contributed by atoms with Gasteiger partial charge in [-0.05, 0) is 67.7 Å². The van der Waals surface area contributed by atoms with Crippen molar-refractivity contribution in [3.63, 3.8) is 0 Å². The number of hydrogen-bond donors (Lipinski definition) is 1. The Labute approximate surface area is 215 Å². The monoisotopic (exact) mass is 498 g/mol. The highest BCUT2D eigenvalue weighted by Gasteiger charge is 2.37. The zero-order chi connectivity index (χ0) is 25.7. The van der Waals surface area contributed by atoms with E-state index < -0.39 is 0 Å². The molecular weight excluding hydrogens is 468 g/mol. The Morgan fingerprint density at radius 2 is 1.92 bits per heavy atom. The number of likely N-dealkylation sites (tertiary alicyclic amines) is 1. The summed E-state index contributed by atoms with van der Waals surface area (Å²) in [5.74, 6) is 2.06. The van der Waals surface area contributed by atoms with Gasteiger partial charge in [0.1, 0.15) is 17.2 Å². The van der Waals surface area contributed by atoms with Crippen LogP contribution in [0.2, 0.25) is 0 Å². The molecule has 7 heteroatoms. The maximum atomic E-state index is 13.3. The second-order valence-electron chi connectivity index (χ2n) is 10.2. The SMILES string of the molecule is CCOc1ccc(/C=C2\Oc3c(CN4C[C@H]5C[C@@H](C4)c4cccc(=O)n4C5)c(O)cc(C)c3C2=O)cc1. The van der Waals surface area contributed by atoms with Gasteiger partial charge in [-0.2, -0.15) is 0 Å². The van der Waals surface area contributed by atoms with Gasteiger partial charge in [0.15, 0.2) is 5.76 Å². The minimum absolute atomic E-state index is 0.0633. The number of carbonyl (C=O) groups is 1. The van der Waals surface area contributed by atoms with Crippen molar-refractivity contribution in [3.05, 3.63) is 92.6 Å². The number of fused-ring (bicyclic) bond motifs is 5. The molecule has 2 aromatic carbocycles. The summed E-state index contributed by atoms with van der Waals surface area (Å²) < 4.78 is 13.6. The van der Waals surface area contributed by atoms with E-state index in [0.717, 1.165) is 36.5 Å². The predicted molar refractivity (Wildman–Crippen MR) is 140 cm³/mol. The van der Waals surface area contributed by atoms with Crippen LogP contribution in [0.5, 0.6) is 17.2 Å². The number of phenolic OH excluding ortho intramolecular Hbond substituents is 1. The van der Waals surface area contributed by atoms with E-state index in [4.69, 9.17) is 9.47 Å². The molecule has 0 radical (unpaired) electrons. The molecule has 6 rings (SSSR count). The number of phenols is 1. The molecule has 1 fully saturated rings. The van der Waals surface area contributed by atoms with E-state index in [0.29, 0.717) is 48.1 Å². The fourth-order valence-electron chi connectivity index (χ4n) is 6.06. The third-order valence-electron chi connectivity index (χ3n) is 7.65. The summed E-state index contributed by atoms with van der Waals surface area (Å²) in [5.41, 5.74) is 3.82. The van der Waals surface area contributed by atoms with Crippen molar-refractivity contribution in [2.45, 2.75) is 39.3 Å². The number of hydrogen-bond acceptors (Lipinski definition) is 6. The summed E-state index contributed by atoms with van der Waals surface area (Å²) in [6, 6.07) is 14.7. The summed E-state index contributed by atoms with van der Waals surface area (Å²) >= 11 is 0. The largest absolute Gasteiger partial charge is 0.507 e. The fraction of sp³-hybridized carbons (Fsp3) is 0.333. The quantitative estimate of drug-likeness (QED) is 0.522. The van der Waals surface area contributed by atoms with Gasteiger partial charge in [-0.1, -0.05) is 18.2 Å². The highest BCUT2D eigenvalue weighted by Crippen LogP contribution is 2.43. The second kappa shape index (κ2) is 9.23. The van der Waals surface area contributed by atoms with Crippen LogP contribution in [0.4, 0.5) is 0 Å². The first-order valence-corrected chi connectivity index (χ1v) is 12.9. The van der Waals surface area contributed by atoms with Crippen LogP contribution in [-0.2, 0) is 13.1 Å². The molecule has 0 amide bonds. The Balaban J connectivity index is 1.28. The number of rotatable bonds is 5. The number of benzene rings is 2. The molecule has 190 valence electrons. The van der Waals surface area contributed by atoms with E-state index in [2.05, 4.69) is 4.90 Å². The zero-order valence-corrected chi connectivity index (χ0v) is 21.1. The summed E-state index contributed by atoms with van der Waals surface area (Å²) in [7, 11) is 0. The number of allylic oxidation sites excluding steroid dienone is 1. The maximum Gasteiger partial charge on any atom is 0.250 e. The van der Waals surface area contributed by atoms with E-state index in [9.17, 15) is 14.7 Å². The number of ketones is 1. The minimum Gasteiger partial charge on any atom is -0.507 e. The molecule has 0 saturated carbocycles. The van der Waals surface area contributed by atoms with Gasteiger partial charge in [-0.3, -0.25) is 14.5 Å². The van der Waals surface area contributed by atoms with Crippen LogP contribution in [0.3, 0.4) is 0 Å². The third-order valence-corrected chi connectivity index (χ3v) is 7.65. The lowest BCUT2D eigenvalue weighted by Gasteiger charge is -2.43. The number of aromatic hydroxyl groups is 1. The van der Waals surface area contributed by atoms with E-state index in [1.165, 1.54) is 0 Å². The standard InChI is InChI=1S/C30H30N2O5/c1-3-36-22-9-7-19(8-10-22)13-26-29(35)28-18(2)11-25(33)23(30(28)37-26)17-31-14-20-12-21(16-31)24-5-4-6-27(34)32(24)15-20/h4-11,13,20-21,33H,3,12,14-17H2,1-2H3/b26-13-/t20-,21+/m1/s1. The fourth-order valence-corrected chi connectivity index (χ4v) is 6.06. The summed E-state index contributed by atoms with van der Waals surface area (Å²) in [4.78, 5) is 28.0. The summed E-state index contributed by atoms with van der Waals surface area (Å²) in [6.45, 7) is 7.14. The normalized spacial score (nSPS) is 21.5. The molecule has 1 aromatic heterocycles. The Hall–Kier alpha value is -3.84. The van der Waals surface area contributed by atoms with Crippen LogP contribution in [0.15, 0.2) is 59.1 Å². The first-order chi connectivity index (χ1) is 17.9. The number of nitrogens with zero attached hydrogens (tertiary/aromatic N) is 2. The van der Waals surface area contributed by atoms with Crippen molar-refractivity contribution >= 4 is 11.9 Å². The third kappa shape index (κ3) is 4.23. The Bertz CT molecular complexity index is 1470. The highest BCUT2D eigenvalue weighted by atomic mass is 16.5. The van der Waals surface area contributed by atoms with Crippen LogP contribution in [0.1, 0.15) is 52.0 Å². The van der Waals surface area contributed by atoms with E-state index in [-0.39, 0.29) is 28.8 Å². The topological polar surface area (TPSA) is 81.0 Å². The lowest BCUT2D eigenvalue weighted by molar-refractivity contribution is 0.101. The van der Waals surface area contributed by atoms with Crippen molar-refractivity contribution < 1.29 is 19.4 Å². The molecule has 2 atom stereocenters. The van der Waals surface area contributed by atoms with Crippen molar-refractivity contribution in [1.29, 1.82) is 0 Å². The first-order valence-electron chi connectivity index (χ1n) is 12.9. The summed E-state index contributed by atoms with van der Waals surface area (Å²) in [6.07, 6.45) is 2.79. The Kier molecular flexibility index (Phi) is 5.88. The number of piperidine rings is 1. The van der Waals surface area contributed by atoms with Crippen LogP contribution < -0.4 is 15.0 Å². The molecule has 3 aliphatic rings. The molecule has 1 saturated heterocycles. The molecule has 0 aliphatic carbocycles. The highest BCUT2D eigenvalue weighted by molar-refractivity contribution is 6.15. The molecule has 1 N–H and O–H groups in total. The zero-order valence-electron chi connectivity index (χ0n) is 21.1.